The third kappa shape index (κ3) is 3.71. The molecule has 0 radical (unpaired) electrons. The van der Waals surface area contributed by atoms with E-state index in [0.29, 0.717) is 10.7 Å². The molecule has 94 valence electrons. The van der Waals surface area contributed by atoms with E-state index < -0.39 is 21.0 Å². The summed E-state index contributed by atoms with van der Waals surface area (Å²) in [6, 6.07) is 5.04. The summed E-state index contributed by atoms with van der Waals surface area (Å²) in [5, 5.41) is 1.96. The summed E-state index contributed by atoms with van der Waals surface area (Å²) in [5.41, 5.74) is 1.35. The molecule has 4 nitrogen and oxygen atoms in total. The van der Waals surface area contributed by atoms with Crippen LogP contribution in [-0.4, -0.2) is 25.8 Å². The summed E-state index contributed by atoms with van der Waals surface area (Å²) in [6.07, 6.45) is 1.03. The van der Waals surface area contributed by atoms with Gasteiger partial charge in [0.2, 0.25) is 5.91 Å². The van der Waals surface area contributed by atoms with Crippen LogP contribution in [0.25, 0.3) is 0 Å². The van der Waals surface area contributed by atoms with E-state index in [1.165, 1.54) is 6.92 Å². The Morgan fingerprint density at radius 3 is 2.53 bits per heavy atom. The maximum Gasteiger partial charge on any atom is 0.242 e. The monoisotopic (exact) mass is 275 g/mol. The fourth-order valence-electron chi connectivity index (χ4n) is 1.16. The number of amides is 1. The van der Waals surface area contributed by atoms with Crippen molar-refractivity contribution in [1.29, 1.82) is 0 Å². The van der Waals surface area contributed by atoms with Crippen LogP contribution in [0, 0.1) is 6.92 Å². The van der Waals surface area contributed by atoms with Crippen molar-refractivity contribution in [3.8, 4) is 0 Å². The maximum atomic E-state index is 11.7. The molecule has 1 amide bonds. The fourth-order valence-corrected chi connectivity index (χ4v) is 1.78. The molecule has 0 heterocycles. The third-order valence-corrected chi connectivity index (χ3v) is 4.20. The van der Waals surface area contributed by atoms with Gasteiger partial charge in [0.05, 0.1) is 0 Å². The number of aryl methyl sites for hydroxylation is 1. The van der Waals surface area contributed by atoms with Crippen LogP contribution in [0.2, 0.25) is 5.02 Å². The second-order valence-electron chi connectivity index (χ2n) is 3.92. The first-order chi connectivity index (χ1) is 7.71. The molecule has 0 saturated heterocycles. The Labute approximate surface area is 106 Å². The third-order valence-electron chi connectivity index (χ3n) is 2.47. The minimum absolute atomic E-state index is 0.484. The van der Waals surface area contributed by atoms with Gasteiger partial charge in [0, 0.05) is 17.0 Å². The van der Waals surface area contributed by atoms with Crippen molar-refractivity contribution in [1.82, 2.24) is 0 Å². The lowest BCUT2D eigenvalue weighted by Gasteiger charge is -2.12. The second kappa shape index (κ2) is 5.06. The molecule has 1 rings (SSSR count). The number of sulfone groups is 1. The minimum atomic E-state index is -3.39. The molecule has 1 aromatic rings. The highest BCUT2D eigenvalue weighted by Crippen LogP contribution is 2.20. The van der Waals surface area contributed by atoms with Crippen LogP contribution in [0.4, 0.5) is 5.69 Å². The maximum absolute atomic E-state index is 11.7. The number of hydrogen-bond acceptors (Lipinski definition) is 3. The van der Waals surface area contributed by atoms with E-state index in [1.54, 1.807) is 25.1 Å². The van der Waals surface area contributed by atoms with Gasteiger partial charge in [0.25, 0.3) is 0 Å². The Morgan fingerprint density at radius 1 is 1.41 bits per heavy atom. The zero-order valence-electron chi connectivity index (χ0n) is 9.82. The van der Waals surface area contributed by atoms with Gasteiger partial charge in [-0.2, -0.15) is 0 Å². The first kappa shape index (κ1) is 14.0. The molecule has 6 heteroatoms. The molecule has 0 spiro atoms. The summed E-state index contributed by atoms with van der Waals surface area (Å²) < 4.78 is 22.5. The van der Waals surface area contributed by atoms with Crippen LogP contribution in [0.1, 0.15) is 12.5 Å². The molecule has 17 heavy (non-hydrogen) atoms. The lowest BCUT2D eigenvalue weighted by Crippen LogP contribution is -2.32. The molecule has 0 aliphatic heterocycles. The predicted octanol–water partition coefficient (Wildman–Crippen LogP) is 2.02. The molecule has 1 N–H and O–H groups in total. The molecule has 0 saturated carbocycles. The molecule has 0 aromatic heterocycles. The number of benzene rings is 1. The highest BCUT2D eigenvalue weighted by molar-refractivity contribution is 7.92. The van der Waals surface area contributed by atoms with E-state index in [-0.39, 0.29) is 0 Å². The SMILES string of the molecule is Cc1ccc(Cl)cc1NC(=O)[C@@H](C)S(C)(=O)=O. The van der Waals surface area contributed by atoms with Crippen molar-refractivity contribution < 1.29 is 13.2 Å². The van der Waals surface area contributed by atoms with Gasteiger partial charge < -0.3 is 5.32 Å². The van der Waals surface area contributed by atoms with Gasteiger partial charge in [-0.1, -0.05) is 17.7 Å². The van der Waals surface area contributed by atoms with Crippen molar-refractivity contribution in [2.45, 2.75) is 19.1 Å². The summed E-state index contributed by atoms with van der Waals surface area (Å²) in [7, 11) is -3.39. The van der Waals surface area contributed by atoms with E-state index in [4.69, 9.17) is 11.6 Å². The molecule has 0 fully saturated rings. The van der Waals surface area contributed by atoms with Crippen LogP contribution in [-0.2, 0) is 14.6 Å². The van der Waals surface area contributed by atoms with Crippen molar-refractivity contribution >= 4 is 33.0 Å². The predicted molar refractivity (Wildman–Crippen MR) is 69.1 cm³/mol. The number of hydrogen-bond donors (Lipinski definition) is 1. The summed E-state index contributed by atoms with van der Waals surface area (Å²) in [4.78, 5) is 11.7. The Hall–Kier alpha value is -1.07. The standard InChI is InChI=1S/C11H14ClNO3S/c1-7-4-5-9(12)6-10(7)13-11(14)8(2)17(3,15)16/h4-6,8H,1-3H3,(H,13,14)/t8-/m1/s1. The topological polar surface area (TPSA) is 63.2 Å². The normalized spacial score (nSPS) is 13.2. The number of nitrogens with one attached hydrogen (secondary N) is 1. The van der Waals surface area contributed by atoms with Gasteiger partial charge in [-0.3, -0.25) is 4.79 Å². The molecule has 0 bridgehead atoms. The number of carbonyl (C=O) groups excluding carboxylic acids is 1. The Kier molecular flexibility index (Phi) is 4.16. The van der Waals surface area contributed by atoms with Gasteiger partial charge in [0.1, 0.15) is 5.25 Å². The van der Waals surface area contributed by atoms with Gasteiger partial charge in [-0.15, -0.1) is 0 Å². The number of halogens is 1. The van der Waals surface area contributed by atoms with E-state index in [9.17, 15) is 13.2 Å². The van der Waals surface area contributed by atoms with Crippen molar-refractivity contribution in [3.63, 3.8) is 0 Å². The zero-order chi connectivity index (χ0) is 13.2. The number of rotatable bonds is 3. The lowest BCUT2D eigenvalue weighted by molar-refractivity contribution is -0.115. The van der Waals surface area contributed by atoms with Crippen molar-refractivity contribution in [2.75, 3.05) is 11.6 Å². The van der Waals surface area contributed by atoms with Gasteiger partial charge >= 0.3 is 0 Å². The average Bonchev–Trinajstić information content (AvgIpc) is 2.21. The van der Waals surface area contributed by atoms with E-state index in [2.05, 4.69) is 5.32 Å². The number of carbonyl (C=O) groups is 1. The zero-order valence-corrected chi connectivity index (χ0v) is 11.4. The summed E-state index contributed by atoms with van der Waals surface area (Å²) in [5.74, 6) is -0.558. The molecule has 0 aliphatic carbocycles. The quantitative estimate of drug-likeness (QED) is 0.918. The second-order valence-corrected chi connectivity index (χ2v) is 6.72. The first-order valence-electron chi connectivity index (χ1n) is 4.97. The van der Waals surface area contributed by atoms with E-state index in [0.717, 1.165) is 11.8 Å². The fraction of sp³-hybridized carbons (Fsp3) is 0.364. The van der Waals surface area contributed by atoms with Crippen LogP contribution < -0.4 is 5.32 Å². The largest absolute Gasteiger partial charge is 0.325 e. The van der Waals surface area contributed by atoms with E-state index in [1.807, 2.05) is 0 Å². The Balaban J connectivity index is 2.92. The molecule has 1 atom stereocenters. The Bertz CT molecular complexity index is 540. The van der Waals surface area contributed by atoms with Crippen LogP contribution in [0.15, 0.2) is 18.2 Å². The summed E-state index contributed by atoms with van der Waals surface area (Å²) >= 11 is 5.80. The first-order valence-corrected chi connectivity index (χ1v) is 7.31. The highest BCUT2D eigenvalue weighted by Gasteiger charge is 2.23. The average molecular weight is 276 g/mol. The molecule has 0 unspecified atom stereocenters. The molecular weight excluding hydrogens is 262 g/mol. The van der Waals surface area contributed by atoms with Gasteiger partial charge in [-0.25, -0.2) is 8.42 Å². The highest BCUT2D eigenvalue weighted by atomic mass is 35.5. The molecule has 0 aliphatic rings. The number of anilines is 1. The molecule has 1 aromatic carbocycles. The van der Waals surface area contributed by atoms with Crippen LogP contribution in [0.3, 0.4) is 0 Å². The minimum Gasteiger partial charge on any atom is -0.325 e. The smallest absolute Gasteiger partial charge is 0.242 e. The van der Waals surface area contributed by atoms with Crippen LogP contribution in [0.5, 0.6) is 0 Å². The summed E-state index contributed by atoms with van der Waals surface area (Å²) in [6.45, 7) is 3.15. The van der Waals surface area contributed by atoms with Crippen LogP contribution >= 0.6 is 11.6 Å². The van der Waals surface area contributed by atoms with Gasteiger partial charge in [-0.05, 0) is 31.5 Å². The van der Waals surface area contributed by atoms with Crippen molar-refractivity contribution in [2.24, 2.45) is 0 Å². The van der Waals surface area contributed by atoms with E-state index >= 15 is 0 Å². The van der Waals surface area contributed by atoms with Gasteiger partial charge in [0.15, 0.2) is 9.84 Å². The van der Waals surface area contributed by atoms with Crippen molar-refractivity contribution in [3.05, 3.63) is 28.8 Å². The molecular formula is C11H14ClNO3S. The lowest BCUT2D eigenvalue weighted by atomic mass is 10.2. The Morgan fingerprint density at radius 2 is 2.00 bits per heavy atom.